The van der Waals surface area contributed by atoms with E-state index in [4.69, 9.17) is 4.74 Å². The number of rotatable bonds is 15. The van der Waals surface area contributed by atoms with Crippen LogP contribution in [0, 0.1) is 23.7 Å². The van der Waals surface area contributed by atoms with E-state index >= 15 is 0 Å². The molecule has 0 aromatic heterocycles. The van der Waals surface area contributed by atoms with Crippen LogP contribution >= 0.6 is 0 Å². The van der Waals surface area contributed by atoms with Crippen LogP contribution in [-0.2, 0) is 22.4 Å². The van der Waals surface area contributed by atoms with Crippen LogP contribution in [0.5, 0.6) is 5.75 Å². The maximum absolute atomic E-state index is 14.1. The molecular weight excluding hydrogens is 468 g/mol. The van der Waals surface area contributed by atoms with Crippen molar-refractivity contribution < 1.29 is 14.3 Å². The molecule has 0 amide bonds. The maximum Gasteiger partial charge on any atom is 0.137 e. The van der Waals surface area contributed by atoms with Crippen LogP contribution in [0.25, 0.3) is 0 Å². The molecule has 1 aliphatic carbocycles. The van der Waals surface area contributed by atoms with E-state index in [1.54, 1.807) is 6.92 Å². The van der Waals surface area contributed by atoms with Gasteiger partial charge in [0.15, 0.2) is 0 Å². The zero-order valence-electron chi connectivity index (χ0n) is 25.0. The lowest BCUT2D eigenvalue weighted by molar-refractivity contribution is -0.147. The zero-order chi connectivity index (χ0) is 27.9. The third-order valence-electron chi connectivity index (χ3n) is 8.82. The Balaban J connectivity index is 1.85. The van der Waals surface area contributed by atoms with E-state index < -0.39 is 5.41 Å². The topological polar surface area (TPSA) is 43.4 Å². The van der Waals surface area contributed by atoms with Crippen LogP contribution in [0.3, 0.4) is 0 Å². The Labute approximate surface area is 231 Å². The third-order valence-corrected chi connectivity index (χ3v) is 8.82. The molecule has 1 unspecified atom stereocenters. The largest absolute Gasteiger partial charge is 0.494 e. The molecule has 0 bridgehead atoms. The van der Waals surface area contributed by atoms with Gasteiger partial charge in [-0.3, -0.25) is 9.59 Å². The summed E-state index contributed by atoms with van der Waals surface area (Å²) >= 11 is 0. The van der Waals surface area contributed by atoms with E-state index in [0.717, 1.165) is 57.1 Å². The highest BCUT2D eigenvalue weighted by atomic mass is 16.5. The molecule has 3 heteroatoms. The van der Waals surface area contributed by atoms with Crippen molar-refractivity contribution in [1.29, 1.82) is 0 Å². The van der Waals surface area contributed by atoms with Crippen LogP contribution in [0.4, 0.5) is 0 Å². The van der Waals surface area contributed by atoms with Gasteiger partial charge in [-0.2, -0.15) is 0 Å². The smallest absolute Gasteiger partial charge is 0.137 e. The van der Waals surface area contributed by atoms with Gasteiger partial charge >= 0.3 is 0 Å². The van der Waals surface area contributed by atoms with Crippen LogP contribution in [0.1, 0.15) is 115 Å². The highest BCUT2D eigenvalue weighted by Gasteiger charge is 2.53. The van der Waals surface area contributed by atoms with Crippen molar-refractivity contribution in [3.63, 3.8) is 0 Å². The Morgan fingerprint density at radius 3 is 2.26 bits per heavy atom. The number of benzene rings is 2. The van der Waals surface area contributed by atoms with Gasteiger partial charge in [0.05, 0.1) is 6.61 Å². The number of Topliss-reactive ketones (excluding diaryl/α,β-unsaturated/α-hetero) is 2. The van der Waals surface area contributed by atoms with Crippen molar-refractivity contribution in [2.75, 3.05) is 6.61 Å². The Kier molecular flexibility index (Phi) is 10.4. The predicted octanol–water partition coefficient (Wildman–Crippen LogP) is 8.83. The molecular formula is C35H50O3. The molecule has 0 aliphatic heterocycles. The quantitative estimate of drug-likeness (QED) is 0.221. The number of hydrogen-bond acceptors (Lipinski definition) is 3. The number of aryl methyl sites for hydroxylation is 2. The van der Waals surface area contributed by atoms with Gasteiger partial charge in [-0.1, -0.05) is 76.9 Å². The standard InChI is InChI=1S/C35H50O3/c1-8-15-29-20-30(21-33(26(29)4)38-9-2)25(3)31(19-14-13-18-28-16-11-10-12-17-28)32(37)22-35(27(5)36)23-34(6,7)24-35/h10-12,16-17,20-21,25,31H,8-9,13-15,18-19,22-24H2,1-7H3/t25-,31?/m1/s1. The van der Waals surface area contributed by atoms with Gasteiger partial charge in [0.2, 0.25) is 0 Å². The van der Waals surface area contributed by atoms with Gasteiger partial charge in [0.1, 0.15) is 17.3 Å². The summed E-state index contributed by atoms with van der Waals surface area (Å²) in [5, 5.41) is 0. The number of ether oxygens (including phenoxy) is 1. The van der Waals surface area contributed by atoms with Crippen molar-refractivity contribution in [2.45, 2.75) is 112 Å². The molecule has 0 spiro atoms. The van der Waals surface area contributed by atoms with E-state index in [-0.39, 0.29) is 28.8 Å². The normalized spacial score (nSPS) is 17.3. The number of ketones is 2. The first kappa shape index (κ1) is 30.1. The molecule has 208 valence electrons. The monoisotopic (exact) mass is 518 g/mol. The van der Waals surface area contributed by atoms with Gasteiger partial charge in [0, 0.05) is 17.8 Å². The average Bonchev–Trinajstić information content (AvgIpc) is 2.85. The summed E-state index contributed by atoms with van der Waals surface area (Å²) in [4.78, 5) is 26.8. The van der Waals surface area contributed by atoms with Crippen LogP contribution in [-0.4, -0.2) is 18.2 Å². The third kappa shape index (κ3) is 7.36. The average molecular weight is 519 g/mol. The molecule has 0 N–H and O–H groups in total. The lowest BCUT2D eigenvalue weighted by Gasteiger charge is -2.52. The summed E-state index contributed by atoms with van der Waals surface area (Å²) in [6, 6.07) is 15.1. The molecule has 1 fully saturated rings. The van der Waals surface area contributed by atoms with E-state index in [0.29, 0.717) is 13.0 Å². The van der Waals surface area contributed by atoms with Crippen molar-refractivity contribution in [3.8, 4) is 5.75 Å². The Morgan fingerprint density at radius 1 is 1.00 bits per heavy atom. The molecule has 0 radical (unpaired) electrons. The summed E-state index contributed by atoms with van der Waals surface area (Å²) in [6.07, 6.45) is 8.03. The van der Waals surface area contributed by atoms with Crippen LogP contribution in [0.15, 0.2) is 42.5 Å². The van der Waals surface area contributed by atoms with Gasteiger partial charge in [-0.05, 0) is 98.9 Å². The van der Waals surface area contributed by atoms with Gasteiger partial charge in [0.25, 0.3) is 0 Å². The van der Waals surface area contributed by atoms with Crippen molar-refractivity contribution in [1.82, 2.24) is 0 Å². The first-order valence-electron chi connectivity index (χ1n) is 14.9. The van der Waals surface area contributed by atoms with Crippen LogP contribution in [0.2, 0.25) is 0 Å². The molecule has 38 heavy (non-hydrogen) atoms. The first-order valence-corrected chi connectivity index (χ1v) is 14.9. The highest BCUT2D eigenvalue weighted by molar-refractivity contribution is 5.92. The van der Waals surface area contributed by atoms with Crippen LogP contribution < -0.4 is 4.74 Å². The second-order valence-electron chi connectivity index (χ2n) is 12.6. The first-order chi connectivity index (χ1) is 18.0. The lowest BCUT2D eigenvalue weighted by Crippen LogP contribution is -2.49. The highest BCUT2D eigenvalue weighted by Crippen LogP contribution is 2.57. The van der Waals surface area contributed by atoms with E-state index in [2.05, 4.69) is 77.1 Å². The molecule has 3 rings (SSSR count). The fourth-order valence-corrected chi connectivity index (χ4v) is 6.87. The number of hydrogen-bond donors (Lipinski definition) is 0. The SMILES string of the molecule is CCCc1cc([C@@H](C)C(CCCCc2ccccc2)C(=O)CC2(C(C)=O)CC(C)(C)C2)cc(OCC)c1C. The Hall–Kier alpha value is -2.42. The molecule has 1 aliphatic rings. The second kappa shape index (κ2) is 13.1. The lowest BCUT2D eigenvalue weighted by atomic mass is 9.51. The second-order valence-corrected chi connectivity index (χ2v) is 12.6. The number of carbonyl (C=O) groups is 2. The van der Waals surface area contributed by atoms with Crippen molar-refractivity contribution in [2.24, 2.45) is 16.7 Å². The Bertz CT molecular complexity index is 1050. The summed E-state index contributed by atoms with van der Waals surface area (Å²) in [5.74, 6) is 1.36. The predicted molar refractivity (Wildman–Crippen MR) is 158 cm³/mol. The minimum Gasteiger partial charge on any atom is -0.494 e. The summed E-state index contributed by atoms with van der Waals surface area (Å²) in [6.45, 7) is 15.3. The van der Waals surface area contributed by atoms with E-state index in [9.17, 15) is 9.59 Å². The maximum atomic E-state index is 14.1. The molecule has 1 saturated carbocycles. The fraction of sp³-hybridized carbons (Fsp3) is 0.600. The summed E-state index contributed by atoms with van der Waals surface area (Å²) in [5.41, 5.74) is 4.73. The molecule has 2 aromatic rings. The van der Waals surface area contributed by atoms with E-state index in [1.807, 2.05) is 6.92 Å². The fourth-order valence-electron chi connectivity index (χ4n) is 6.87. The zero-order valence-corrected chi connectivity index (χ0v) is 25.0. The van der Waals surface area contributed by atoms with Gasteiger partial charge < -0.3 is 4.74 Å². The van der Waals surface area contributed by atoms with Crippen molar-refractivity contribution >= 4 is 11.6 Å². The number of unbranched alkanes of at least 4 members (excludes halogenated alkanes) is 1. The Morgan fingerprint density at radius 2 is 1.68 bits per heavy atom. The number of carbonyl (C=O) groups excluding carboxylic acids is 2. The molecule has 0 heterocycles. The van der Waals surface area contributed by atoms with Gasteiger partial charge in [-0.25, -0.2) is 0 Å². The van der Waals surface area contributed by atoms with Gasteiger partial charge in [-0.15, -0.1) is 0 Å². The molecule has 2 aromatic carbocycles. The van der Waals surface area contributed by atoms with Crippen molar-refractivity contribution in [3.05, 3.63) is 64.7 Å². The van der Waals surface area contributed by atoms with E-state index in [1.165, 1.54) is 22.3 Å². The molecule has 3 nitrogen and oxygen atoms in total. The minimum atomic E-state index is -0.472. The minimum absolute atomic E-state index is 0.0757. The summed E-state index contributed by atoms with van der Waals surface area (Å²) in [7, 11) is 0. The molecule has 0 saturated heterocycles. The summed E-state index contributed by atoms with van der Waals surface area (Å²) < 4.78 is 6.03. The molecule has 2 atom stereocenters.